The Hall–Kier alpha value is -0.920. The van der Waals surface area contributed by atoms with Crippen LogP contribution in [-0.2, 0) is 6.42 Å². The Labute approximate surface area is 47.7 Å². The average Bonchev–Trinajstić information content (AvgIpc) is 2.14. The van der Waals surface area contributed by atoms with E-state index in [9.17, 15) is 0 Å². The standard InChI is InChI=1S/C6H8O2/c1-2-6-5(7)3-4-8-6/h3-4,7H,2H2,1H3. The van der Waals surface area contributed by atoms with Crippen LogP contribution < -0.4 is 0 Å². The minimum atomic E-state index is 0.257. The fourth-order valence-electron chi connectivity index (χ4n) is 0.598. The van der Waals surface area contributed by atoms with Crippen LogP contribution in [0.15, 0.2) is 16.7 Å². The van der Waals surface area contributed by atoms with Gasteiger partial charge in [-0.25, -0.2) is 0 Å². The number of hydrogen-bond donors (Lipinski definition) is 1. The van der Waals surface area contributed by atoms with E-state index >= 15 is 0 Å². The van der Waals surface area contributed by atoms with Crippen LogP contribution in [0, 0.1) is 0 Å². The first-order valence-electron chi connectivity index (χ1n) is 2.60. The molecule has 1 aromatic heterocycles. The van der Waals surface area contributed by atoms with Crippen LogP contribution >= 0.6 is 0 Å². The molecular weight excluding hydrogens is 104 g/mol. The van der Waals surface area contributed by atoms with Crippen molar-refractivity contribution >= 4 is 0 Å². The minimum Gasteiger partial charge on any atom is -0.504 e. The lowest BCUT2D eigenvalue weighted by molar-refractivity contribution is 0.434. The highest BCUT2D eigenvalue weighted by atomic mass is 16.4. The molecule has 0 aliphatic heterocycles. The largest absolute Gasteiger partial charge is 0.504 e. The lowest BCUT2D eigenvalue weighted by atomic mass is 10.3. The van der Waals surface area contributed by atoms with Crippen LogP contribution in [0.1, 0.15) is 12.7 Å². The summed E-state index contributed by atoms with van der Waals surface area (Å²) in [4.78, 5) is 0. The normalized spacial score (nSPS) is 9.62. The Morgan fingerprint density at radius 1 is 1.75 bits per heavy atom. The molecule has 0 aliphatic rings. The fraction of sp³-hybridized carbons (Fsp3) is 0.333. The second-order valence-corrected chi connectivity index (χ2v) is 1.58. The third kappa shape index (κ3) is 0.689. The predicted molar refractivity (Wildman–Crippen MR) is 29.8 cm³/mol. The van der Waals surface area contributed by atoms with Gasteiger partial charge in [-0.15, -0.1) is 0 Å². The molecule has 0 saturated carbocycles. The zero-order chi connectivity index (χ0) is 5.98. The minimum absolute atomic E-state index is 0.257. The van der Waals surface area contributed by atoms with Gasteiger partial charge >= 0.3 is 0 Å². The van der Waals surface area contributed by atoms with Crippen LogP contribution in [0.5, 0.6) is 5.75 Å². The van der Waals surface area contributed by atoms with E-state index in [-0.39, 0.29) is 5.75 Å². The summed E-state index contributed by atoms with van der Waals surface area (Å²) >= 11 is 0. The molecule has 8 heavy (non-hydrogen) atoms. The van der Waals surface area contributed by atoms with E-state index in [1.165, 1.54) is 6.26 Å². The van der Waals surface area contributed by atoms with E-state index in [1.54, 1.807) is 6.07 Å². The smallest absolute Gasteiger partial charge is 0.156 e. The maximum Gasteiger partial charge on any atom is 0.156 e. The molecule has 0 fully saturated rings. The van der Waals surface area contributed by atoms with E-state index in [4.69, 9.17) is 9.52 Å². The molecule has 2 heteroatoms. The Morgan fingerprint density at radius 3 is 2.75 bits per heavy atom. The molecule has 0 radical (unpaired) electrons. The number of hydrogen-bond acceptors (Lipinski definition) is 2. The SMILES string of the molecule is CCc1occc1O. The lowest BCUT2D eigenvalue weighted by Gasteiger charge is -1.85. The summed E-state index contributed by atoms with van der Waals surface area (Å²) in [7, 11) is 0. The molecular formula is C6H8O2. The van der Waals surface area contributed by atoms with Crippen LogP contribution in [0.2, 0.25) is 0 Å². The maximum absolute atomic E-state index is 8.86. The molecule has 1 heterocycles. The molecule has 0 bridgehead atoms. The summed E-state index contributed by atoms with van der Waals surface area (Å²) < 4.78 is 4.86. The van der Waals surface area contributed by atoms with Crippen molar-refractivity contribution in [1.29, 1.82) is 0 Å². The van der Waals surface area contributed by atoms with Gasteiger partial charge in [0.25, 0.3) is 0 Å². The van der Waals surface area contributed by atoms with Crippen molar-refractivity contribution in [2.75, 3.05) is 0 Å². The van der Waals surface area contributed by atoms with Gasteiger partial charge in [0.1, 0.15) is 5.76 Å². The van der Waals surface area contributed by atoms with Gasteiger partial charge in [0, 0.05) is 12.5 Å². The van der Waals surface area contributed by atoms with Crippen molar-refractivity contribution < 1.29 is 9.52 Å². The predicted octanol–water partition coefficient (Wildman–Crippen LogP) is 1.55. The molecule has 1 aromatic rings. The average molecular weight is 112 g/mol. The molecule has 0 aliphatic carbocycles. The summed E-state index contributed by atoms with van der Waals surface area (Å²) in [6.07, 6.45) is 2.23. The number of aryl methyl sites for hydroxylation is 1. The van der Waals surface area contributed by atoms with Gasteiger partial charge < -0.3 is 9.52 Å². The van der Waals surface area contributed by atoms with Crippen LogP contribution in [0.3, 0.4) is 0 Å². The summed E-state index contributed by atoms with van der Waals surface area (Å²) in [6, 6.07) is 1.54. The second-order valence-electron chi connectivity index (χ2n) is 1.58. The van der Waals surface area contributed by atoms with Gasteiger partial charge in [-0.1, -0.05) is 6.92 Å². The summed E-state index contributed by atoms with van der Waals surface area (Å²) in [5, 5.41) is 8.86. The summed E-state index contributed by atoms with van der Waals surface area (Å²) in [6.45, 7) is 1.93. The monoisotopic (exact) mass is 112 g/mol. The van der Waals surface area contributed by atoms with Gasteiger partial charge in [0.05, 0.1) is 6.26 Å². The topological polar surface area (TPSA) is 33.4 Å². The van der Waals surface area contributed by atoms with Crippen LogP contribution in [-0.4, -0.2) is 5.11 Å². The maximum atomic E-state index is 8.86. The quantitative estimate of drug-likeness (QED) is 0.597. The molecule has 1 N–H and O–H groups in total. The van der Waals surface area contributed by atoms with Crippen LogP contribution in [0.4, 0.5) is 0 Å². The van der Waals surface area contributed by atoms with Crippen LogP contribution in [0.25, 0.3) is 0 Å². The molecule has 44 valence electrons. The lowest BCUT2D eigenvalue weighted by Crippen LogP contribution is -1.70. The van der Waals surface area contributed by atoms with E-state index < -0.39 is 0 Å². The highest BCUT2D eigenvalue weighted by Gasteiger charge is 1.97. The van der Waals surface area contributed by atoms with E-state index in [1.807, 2.05) is 6.92 Å². The van der Waals surface area contributed by atoms with Crippen molar-refractivity contribution in [3.05, 3.63) is 18.1 Å². The van der Waals surface area contributed by atoms with Gasteiger partial charge in [0.2, 0.25) is 0 Å². The van der Waals surface area contributed by atoms with Gasteiger partial charge in [-0.05, 0) is 0 Å². The Kier molecular flexibility index (Phi) is 1.24. The van der Waals surface area contributed by atoms with E-state index in [0.717, 1.165) is 6.42 Å². The van der Waals surface area contributed by atoms with Crippen molar-refractivity contribution in [2.45, 2.75) is 13.3 Å². The zero-order valence-corrected chi connectivity index (χ0v) is 4.72. The molecule has 0 saturated heterocycles. The fourth-order valence-corrected chi connectivity index (χ4v) is 0.598. The highest BCUT2D eigenvalue weighted by Crippen LogP contribution is 2.16. The molecule has 0 amide bonds. The van der Waals surface area contributed by atoms with Crippen molar-refractivity contribution in [3.63, 3.8) is 0 Å². The second kappa shape index (κ2) is 1.90. The molecule has 2 nitrogen and oxygen atoms in total. The third-order valence-electron chi connectivity index (χ3n) is 1.04. The highest BCUT2D eigenvalue weighted by molar-refractivity contribution is 5.21. The van der Waals surface area contributed by atoms with E-state index in [0.29, 0.717) is 5.76 Å². The Balaban J connectivity index is 2.92. The summed E-state index contributed by atoms with van der Waals surface area (Å²) in [5.74, 6) is 0.914. The summed E-state index contributed by atoms with van der Waals surface area (Å²) in [5.41, 5.74) is 0. The number of aromatic hydroxyl groups is 1. The van der Waals surface area contributed by atoms with Crippen molar-refractivity contribution in [2.24, 2.45) is 0 Å². The van der Waals surface area contributed by atoms with E-state index in [2.05, 4.69) is 0 Å². The molecule has 0 unspecified atom stereocenters. The molecule has 0 spiro atoms. The molecule has 1 rings (SSSR count). The Morgan fingerprint density at radius 2 is 2.50 bits per heavy atom. The number of furan rings is 1. The first-order valence-corrected chi connectivity index (χ1v) is 2.60. The van der Waals surface area contributed by atoms with Gasteiger partial charge in [-0.2, -0.15) is 0 Å². The first-order chi connectivity index (χ1) is 3.84. The van der Waals surface area contributed by atoms with Crippen molar-refractivity contribution in [1.82, 2.24) is 0 Å². The van der Waals surface area contributed by atoms with Gasteiger partial charge in [-0.3, -0.25) is 0 Å². The third-order valence-corrected chi connectivity index (χ3v) is 1.04. The van der Waals surface area contributed by atoms with Crippen molar-refractivity contribution in [3.8, 4) is 5.75 Å². The first kappa shape index (κ1) is 5.22. The van der Waals surface area contributed by atoms with Gasteiger partial charge in [0.15, 0.2) is 5.75 Å². The zero-order valence-electron chi connectivity index (χ0n) is 4.72. The number of rotatable bonds is 1. The molecule has 0 atom stereocenters. The Bertz CT molecular complexity index is 167. The molecule has 0 aromatic carbocycles.